The first-order valence-electron chi connectivity index (χ1n) is 9.37. The van der Waals surface area contributed by atoms with Gasteiger partial charge in [-0.05, 0) is 35.7 Å². The molecule has 4 rings (SSSR count). The lowest BCUT2D eigenvalue weighted by molar-refractivity contribution is -0.115. The van der Waals surface area contributed by atoms with Gasteiger partial charge < -0.3 is 14.2 Å². The van der Waals surface area contributed by atoms with Crippen molar-refractivity contribution in [2.75, 3.05) is 5.32 Å². The van der Waals surface area contributed by atoms with Crippen LogP contribution >= 0.6 is 0 Å². The van der Waals surface area contributed by atoms with Crippen molar-refractivity contribution in [1.82, 2.24) is 0 Å². The molecule has 5 heteroatoms. The molecular weight excluding hydrogens is 354 g/mol. The quantitative estimate of drug-likeness (QED) is 0.466. The summed E-state index contributed by atoms with van der Waals surface area (Å²) in [6, 6.07) is 14.7. The number of hydrogen-bond acceptors (Lipinski definition) is 4. The monoisotopic (exact) mass is 375 g/mol. The van der Waals surface area contributed by atoms with E-state index in [0.717, 1.165) is 16.3 Å². The molecule has 0 radical (unpaired) electrons. The number of carbonyl (C=O) groups excluding carboxylic acids is 1. The predicted molar refractivity (Wildman–Crippen MR) is 111 cm³/mol. The summed E-state index contributed by atoms with van der Waals surface area (Å²) in [4.78, 5) is 24.4. The van der Waals surface area contributed by atoms with E-state index in [1.54, 1.807) is 6.92 Å². The molecule has 0 atom stereocenters. The molecule has 2 aromatic carbocycles. The van der Waals surface area contributed by atoms with E-state index in [2.05, 4.69) is 19.2 Å². The number of carbonyl (C=O) groups is 1. The molecule has 0 spiro atoms. The molecular formula is C23H21NO4. The number of hydrogen-bond donors (Lipinski definition) is 1. The van der Waals surface area contributed by atoms with Gasteiger partial charge in [0.15, 0.2) is 5.76 Å². The zero-order chi connectivity index (χ0) is 19.8. The third-order valence-corrected chi connectivity index (χ3v) is 4.86. The van der Waals surface area contributed by atoms with Crippen molar-refractivity contribution < 1.29 is 13.6 Å². The lowest BCUT2D eigenvalue weighted by atomic mass is 9.98. The second-order valence-corrected chi connectivity index (χ2v) is 7.09. The van der Waals surface area contributed by atoms with Crippen molar-refractivity contribution in [2.24, 2.45) is 0 Å². The highest BCUT2D eigenvalue weighted by molar-refractivity contribution is 6.09. The van der Waals surface area contributed by atoms with Gasteiger partial charge in [0.05, 0.1) is 5.69 Å². The van der Waals surface area contributed by atoms with Crippen LogP contribution < -0.4 is 10.9 Å². The Hall–Kier alpha value is -3.34. The molecule has 1 amide bonds. The van der Waals surface area contributed by atoms with Gasteiger partial charge in [0, 0.05) is 28.8 Å². The standard InChI is InChI=1S/C23H21NO4/c1-4-20(25)24-22-15-7-5-6-8-18(15)28-23(22)17-12-21(26)27-19-10-9-14(13(2)3)11-16(17)19/h5-13H,4H2,1-3H3,(H,24,25). The Morgan fingerprint density at radius 2 is 1.75 bits per heavy atom. The van der Waals surface area contributed by atoms with Gasteiger partial charge in [-0.25, -0.2) is 4.79 Å². The number of anilines is 1. The van der Waals surface area contributed by atoms with E-state index in [9.17, 15) is 9.59 Å². The van der Waals surface area contributed by atoms with Crippen LogP contribution in [0.4, 0.5) is 5.69 Å². The zero-order valence-corrected chi connectivity index (χ0v) is 16.0. The number of nitrogens with one attached hydrogen (secondary N) is 1. The molecule has 5 nitrogen and oxygen atoms in total. The SMILES string of the molecule is CCC(=O)Nc1c(-c2cc(=O)oc3ccc(C(C)C)cc23)oc2ccccc12. The Labute approximate surface area is 162 Å². The number of rotatable bonds is 4. The minimum atomic E-state index is -0.465. The first-order valence-corrected chi connectivity index (χ1v) is 9.37. The van der Waals surface area contributed by atoms with Gasteiger partial charge in [-0.1, -0.05) is 39.0 Å². The average Bonchev–Trinajstić information content (AvgIpc) is 3.05. The normalized spacial score (nSPS) is 11.4. The van der Waals surface area contributed by atoms with Crippen LogP contribution in [-0.4, -0.2) is 5.91 Å². The van der Waals surface area contributed by atoms with E-state index in [-0.39, 0.29) is 5.91 Å². The van der Waals surface area contributed by atoms with Gasteiger partial charge in [-0.3, -0.25) is 4.79 Å². The maximum absolute atomic E-state index is 12.2. The molecule has 28 heavy (non-hydrogen) atoms. The Balaban J connectivity index is 2.05. The lowest BCUT2D eigenvalue weighted by Gasteiger charge is -2.10. The van der Waals surface area contributed by atoms with Crippen LogP contribution in [0, 0.1) is 0 Å². The van der Waals surface area contributed by atoms with Crippen molar-refractivity contribution >= 4 is 33.5 Å². The summed E-state index contributed by atoms with van der Waals surface area (Å²) in [7, 11) is 0. The lowest BCUT2D eigenvalue weighted by Crippen LogP contribution is -2.10. The minimum Gasteiger partial charge on any atom is -0.454 e. The van der Waals surface area contributed by atoms with Crippen LogP contribution in [0.5, 0.6) is 0 Å². The molecule has 2 heterocycles. The van der Waals surface area contributed by atoms with Crippen molar-refractivity contribution in [1.29, 1.82) is 0 Å². The molecule has 0 saturated heterocycles. The Morgan fingerprint density at radius 1 is 1.00 bits per heavy atom. The first kappa shape index (κ1) is 18.0. The molecule has 0 bridgehead atoms. The molecule has 0 aliphatic carbocycles. The van der Waals surface area contributed by atoms with Crippen molar-refractivity contribution in [3.05, 3.63) is 64.5 Å². The van der Waals surface area contributed by atoms with E-state index in [0.29, 0.717) is 40.5 Å². The van der Waals surface area contributed by atoms with Gasteiger partial charge in [-0.2, -0.15) is 0 Å². The van der Waals surface area contributed by atoms with Crippen LogP contribution in [0.25, 0.3) is 33.3 Å². The summed E-state index contributed by atoms with van der Waals surface area (Å²) in [5, 5.41) is 4.51. The smallest absolute Gasteiger partial charge is 0.336 e. The Kier molecular flexibility index (Phi) is 4.51. The summed E-state index contributed by atoms with van der Waals surface area (Å²) in [5.41, 5.74) is 2.97. The molecule has 0 fully saturated rings. The molecule has 4 aromatic rings. The van der Waals surface area contributed by atoms with Crippen LogP contribution in [0.2, 0.25) is 0 Å². The summed E-state index contributed by atoms with van der Waals surface area (Å²) in [6.07, 6.45) is 0.341. The van der Waals surface area contributed by atoms with Crippen LogP contribution in [0.3, 0.4) is 0 Å². The van der Waals surface area contributed by atoms with Gasteiger partial charge in [0.25, 0.3) is 0 Å². The predicted octanol–water partition coefficient (Wildman–Crippen LogP) is 5.68. The summed E-state index contributed by atoms with van der Waals surface area (Å²) in [5.74, 6) is 0.656. The van der Waals surface area contributed by atoms with E-state index in [4.69, 9.17) is 8.83 Å². The molecule has 2 aromatic heterocycles. The summed E-state index contributed by atoms with van der Waals surface area (Å²) >= 11 is 0. The number of amides is 1. The number of fused-ring (bicyclic) bond motifs is 2. The van der Waals surface area contributed by atoms with Crippen LogP contribution in [-0.2, 0) is 4.79 Å². The highest BCUT2D eigenvalue weighted by atomic mass is 16.4. The van der Waals surface area contributed by atoms with E-state index in [1.165, 1.54) is 6.07 Å². The van der Waals surface area contributed by atoms with Crippen molar-refractivity contribution in [2.45, 2.75) is 33.1 Å². The largest absolute Gasteiger partial charge is 0.454 e. The topological polar surface area (TPSA) is 72.5 Å². The highest BCUT2D eigenvalue weighted by Crippen LogP contribution is 2.40. The Morgan fingerprint density at radius 3 is 2.50 bits per heavy atom. The van der Waals surface area contributed by atoms with E-state index >= 15 is 0 Å². The van der Waals surface area contributed by atoms with Gasteiger partial charge in [0.2, 0.25) is 5.91 Å². The molecule has 0 unspecified atom stereocenters. The maximum Gasteiger partial charge on any atom is 0.336 e. The first-order chi connectivity index (χ1) is 13.5. The van der Waals surface area contributed by atoms with Crippen molar-refractivity contribution in [3.63, 3.8) is 0 Å². The minimum absolute atomic E-state index is 0.122. The van der Waals surface area contributed by atoms with Crippen molar-refractivity contribution in [3.8, 4) is 11.3 Å². The van der Waals surface area contributed by atoms with Gasteiger partial charge in [-0.15, -0.1) is 0 Å². The molecule has 0 aliphatic rings. The number of benzene rings is 2. The summed E-state index contributed by atoms with van der Waals surface area (Å²) < 4.78 is 11.5. The van der Waals surface area contributed by atoms with E-state index in [1.807, 2.05) is 42.5 Å². The second-order valence-electron chi connectivity index (χ2n) is 7.09. The fourth-order valence-corrected chi connectivity index (χ4v) is 3.31. The number of para-hydroxylation sites is 1. The van der Waals surface area contributed by atoms with Gasteiger partial charge in [0.1, 0.15) is 11.2 Å². The Bertz CT molecular complexity index is 1250. The summed E-state index contributed by atoms with van der Waals surface area (Å²) in [6.45, 7) is 6.00. The van der Waals surface area contributed by atoms with Crippen LogP contribution in [0.1, 0.15) is 38.7 Å². The van der Waals surface area contributed by atoms with E-state index < -0.39 is 5.63 Å². The fourth-order valence-electron chi connectivity index (χ4n) is 3.31. The zero-order valence-electron chi connectivity index (χ0n) is 16.0. The van der Waals surface area contributed by atoms with Gasteiger partial charge >= 0.3 is 5.63 Å². The fraction of sp³-hybridized carbons (Fsp3) is 0.217. The third kappa shape index (κ3) is 3.09. The van der Waals surface area contributed by atoms with Crippen LogP contribution in [0.15, 0.2) is 62.2 Å². The molecule has 142 valence electrons. The molecule has 0 saturated carbocycles. The number of furan rings is 1. The highest BCUT2D eigenvalue weighted by Gasteiger charge is 2.21. The molecule has 1 N–H and O–H groups in total. The maximum atomic E-state index is 12.2. The third-order valence-electron chi connectivity index (χ3n) is 4.86. The molecule has 0 aliphatic heterocycles. The second kappa shape index (κ2) is 7.00. The average molecular weight is 375 g/mol.